The number of furan rings is 1. The fourth-order valence-corrected chi connectivity index (χ4v) is 4.48. The first-order valence-corrected chi connectivity index (χ1v) is 10.7. The third-order valence-corrected chi connectivity index (χ3v) is 6.13. The van der Waals surface area contributed by atoms with E-state index in [9.17, 15) is 4.79 Å². The lowest BCUT2D eigenvalue weighted by atomic mass is 10.2. The summed E-state index contributed by atoms with van der Waals surface area (Å²) in [6.45, 7) is 1.98. The Labute approximate surface area is 187 Å². The van der Waals surface area contributed by atoms with Crippen molar-refractivity contribution in [1.82, 2.24) is 5.32 Å². The van der Waals surface area contributed by atoms with Crippen LogP contribution < -0.4 is 10.6 Å². The van der Waals surface area contributed by atoms with Crippen LogP contribution in [0.25, 0.3) is 17.4 Å². The van der Waals surface area contributed by atoms with Gasteiger partial charge in [-0.2, -0.15) is 0 Å². The molecule has 2 aromatic carbocycles. The highest BCUT2D eigenvalue weighted by molar-refractivity contribution is 8.05. The lowest BCUT2D eigenvalue weighted by molar-refractivity contribution is -0.116. The third kappa shape index (κ3) is 4.59. The van der Waals surface area contributed by atoms with Crippen LogP contribution in [0.1, 0.15) is 11.3 Å². The van der Waals surface area contributed by atoms with Crippen LogP contribution in [-0.4, -0.2) is 11.4 Å². The summed E-state index contributed by atoms with van der Waals surface area (Å²) in [5, 5.41) is 7.87. The maximum atomic E-state index is 12.4. The molecule has 1 saturated heterocycles. The molecule has 2 heterocycles. The normalized spacial score (nSPS) is 17.6. The Kier molecular flexibility index (Phi) is 5.83. The molecule has 1 aromatic heterocycles. The molecule has 1 aliphatic rings. The number of anilines is 1. The monoisotopic (exact) mass is 464 g/mol. The molecule has 3 aromatic rings. The maximum Gasteiger partial charge on any atom is 0.260 e. The van der Waals surface area contributed by atoms with E-state index in [2.05, 4.69) is 10.6 Å². The van der Waals surface area contributed by atoms with Crippen LogP contribution in [0, 0.1) is 6.92 Å². The van der Waals surface area contributed by atoms with Gasteiger partial charge in [0.05, 0.1) is 9.93 Å². The molecule has 1 amide bonds. The Morgan fingerprint density at radius 3 is 2.62 bits per heavy atom. The Morgan fingerprint density at radius 1 is 1.07 bits per heavy atom. The highest BCUT2D eigenvalue weighted by Gasteiger charge is 2.28. The summed E-state index contributed by atoms with van der Waals surface area (Å²) in [5.41, 5.74) is 2.35. The Hall–Kier alpha value is -2.05. The minimum absolute atomic E-state index is 0.172. The van der Waals surface area contributed by atoms with Crippen molar-refractivity contribution in [2.24, 2.45) is 0 Å². The zero-order chi connectivity index (χ0) is 20.5. The summed E-state index contributed by atoms with van der Waals surface area (Å²) in [4.78, 5) is 12.9. The molecule has 0 bridgehead atoms. The molecule has 1 atom stereocenters. The van der Waals surface area contributed by atoms with Crippen molar-refractivity contribution in [2.75, 3.05) is 5.32 Å². The van der Waals surface area contributed by atoms with E-state index in [1.807, 2.05) is 31.2 Å². The fraction of sp³-hybridized carbons (Fsp3) is 0.0952. The number of benzene rings is 2. The van der Waals surface area contributed by atoms with Crippen molar-refractivity contribution in [3.63, 3.8) is 0 Å². The van der Waals surface area contributed by atoms with Gasteiger partial charge < -0.3 is 15.1 Å². The third-order valence-electron chi connectivity index (χ3n) is 4.31. The molecule has 0 spiro atoms. The SMILES string of the molecule is Cc1ccc(Cl)cc1NC1NC(=O)/C(=C/c2ccc(-c3ccc(Cl)cc3Cl)o2)S1. The highest BCUT2D eigenvalue weighted by Crippen LogP contribution is 2.35. The summed E-state index contributed by atoms with van der Waals surface area (Å²) in [7, 11) is 0. The topological polar surface area (TPSA) is 54.3 Å². The van der Waals surface area contributed by atoms with Gasteiger partial charge in [-0.05, 0) is 55.0 Å². The second-order valence-electron chi connectivity index (χ2n) is 6.41. The number of carbonyl (C=O) groups excluding carboxylic acids is 1. The summed E-state index contributed by atoms with van der Waals surface area (Å²) in [6.07, 6.45) is 1.71. The summed E-state index contributed by atoms with van der Waals surface area (Å²) < 4.78 is 5.85. The van der Waals surface area contributed by atoms with Crippen molar-refractivity contribution in [3.8, 4) is 11.3 Å². The minimum Gasteiger partial charge on any atom is -0.457 e. The van der Waals surface area contributed by atoms with Gasteiger partial charge in [-0.15, -0.1) is 0 Å². The maximum absolute atomic E-state index is 12.4. The quantitative estimate of drug-likeness (QED) is 0.415. The zero-order valence-corrected chi connectivity index (χ0v) is 18.2. The van der Waals surface area contributed by atoms with Crippen LogP contribution in [0.3, 0.4) is 0 Å². The van der Waals surface area contributed by atoms with Crippen LogP contribution in [0.2, 0.25) is 15.1 Å². The van der Waals surface area contributed by atoms with Crippen LogP contribution >= 0.6 is 46.6 Å². The summed E-state index contributed by atoms with van der Waals surface area (Å²) in [5.74, 6) is 0.990. The number of nitrogens with one attached hydrogen (secondary N) is 2. The first-order valence-electron chi connectivity index (χ1n) is 8.66. The fourth-order valence-electron chi connectivity index (χ4n) is 2.85. The van der Waals surface area contributed by atoms with Gasteiger partial charge in [-0.1, -0.05) is 52.6 Å². The van der Waals surface area contributed by atoms with Gasteiger partial charge in [-0.25, -0.2) is 0 Å². The van der Waals surface area contributed by atoms with Crippen molar-refractivity contribution < 1.29 is 9.21 Å². The van der Waals surface area contributed by atoms with Crippen molar-refractivity contribution in [2.45, 2.75) is 12.4 Å². The van der Waals surface area contributed by atoms with Crippen LogP contribution in [0.15, 0.2) is 57.9 Å². The van der Waals surface area contributed by atoms with E-state index in [0.717, 1.165) is 16.8 Å². The van der Waals surface area contributed by atoms with Gasteiger partial charge in [0.25, 0.3) is 5.91 Å². The number of amides is 1. The summed E-state index contributed by atoms with van der Waals surface area (Å²) >= 11 is 19.6. The molecule has 4 nitrogen and oxygen atoms in total. The zero-order valence-electron chi connectivity index (χ0n) is 15.1. The van der Waals surface area contributed by atoms with Crippen molar-refractivity contribution in [3.05, 3.63) is 79.8 Å². The second kappa shape index (κ2) is 8.36. The number of hydrogen-bond acceptors (Lipinski definition) is 4. The highest BCUT2D eigenvalue weighted by atomic mass is 35.5. The van der Waals surface area contributed by atoms with Gasteiger partial charge >= 0.3 is 0 Å². The Morgan fingerprint density at radius 2 is 1.83 bits per heavy atom. The lowest BCUT2D eigenvalue weighted by Gasteiger charge is -2.15. The number of aryl methyl sites for hydroxylation is 1. The van der Waals surface area contributed by atoms with Gasteiger partial charge in [0.2, 0.25) is 0 Å². The molecule has 4 rings (SSSR count). The number of rotatable bonds is 4. The molecule has 29 heavy (non-hydrogen) atoms. The van der Waals surface area contributed by atoms with E-state index in [4.69, 9.17) is 39.2 Å². The van der Waals surface area contributed by atoms with Gasteiger partial charge in [0.1, 0.15) is 11.5 Å². The first-order chi connectivity index (χ1) is 13.9. The Bertz CT molecular complexity index is 1130. The molecule has 1 aliphatic heterocycles. The van der Waals surface area contributed by atoms with E-state index in [-0.39, 0.29) is 11.4 Å². The smallest absolute Gasteiger partial charge is 0.260 e. The molecule has 0 saturated carbocycles. The standard InChI is InChI=1S/C21H15Cl3N2O2S/c1-11-2-3-13(23)9-17(11)25-21-26-20(27)19(29-21)10-14-5-7-18(28-14)15-6-4-12(22)8-16(15)24/h2-10,21,25H,1H3,(H,26,27)/b19-10-. The molecule has 0 radical (unpaired) electrons. The van der Waals surface area contributed by atoms with E-state index >= 15 is 0 Å². The number of thioether (sulfide) groups is 1. The van der Waals surface area contributed by atoms with Gasteiger partial charge in [0.15, 0.2) is 5.50 Å². The molecule has 0 aliphatic carbocycles. The van der Waals surface area contributed by atoms with Crippen LogP contribution in [0.5, 0.6) is 0 Å². The van der Waals surface area contributed by atoms with E-state index in [0.29, 0.717) is 31.5 Å². The average Bonchev–Trinajstić information content (AvgIpc) is 3.25. The average molecular weight is 466 g/mol. The molecule has 1 fully saturated rings. The van der Waals surface area contributed by atoms with Crippen LogP contribution in [-0.2, 0) is 4.79 Å². The van der Waals surface area contributed by atoms with E-state index in [1.54, 1.807) is 30.3 Å². The first kappa shape index (κ1) is 20.2. The van der Waals surface area contributed by atoms with Crippen molar-refractivity contribution in [1.29, 1.82) is 0 Å². The van der Waals surface area contributed by atoms with E-state index < -0.39 is 0 Å². The lowest BCUT2D eigenvalue weighted by Crippen LogP contribution is -2.31. The molecular weight excluding hydrogens is 451 g/mol. The predicted molar refractivity (Wildman–Crippen MR) is 121 cm³/mol. The molecular formula is C21H15Cl3N2O2S. The van der Waals surface area contributed by atoms with E-state index in [1.165, 1.54) is 11.8 Å². The van der Waals surface area contributed by atoms with Crippen molar-refractivity contribution >= 4 is 64.2 Å². The van der Waals surface area contributed by atoms with Crippen LogP contribution in [0.4, 0.5) is 5.69 Å². The molecule has 2 N–H and O–H groups in total. The number of hydrogen-bond donors (Lipinski definition) is 2. The minimum atomic E-state index is -0.300. The molecule has 8 heteroatoms. The number of carbonyl (C=O) groups is 1. The Balaban J connectivity index is 1.51. The van der Waals surface area contributed by atoms with Gasteiger partial charge in [0, 0.05) is 27.4 Å². The number of halogens is 3. The van der Waals surface area contributed by atoms with Gasteiger partial charge in [-0.3, -0.25) is 4.79 Å². The molecule has 1 unspecified atom stereocenters. The predicted octanol–water partition coefficient (Wildman–Crippen LogP) is 6.81. The summed E-state index contributed by atoms with van der Waals surface area (Å²) in [6, 6.07) is 14.4. The molecule has 148 valence electrons. The largest absolute Gasteiger partial charge is 0.457 e. The second-order valence-corrected chi connectivity index (χ2v) is 8.84.